The Kier molecular flexibility index (Phi) is 3.41. The molecule has 0 spiro atoms. The lowest BCUT2D eigenvalue weighted by molar-refractivity contribution is 0.0530. The predicted molar refractivity (Wildman–Crippen MR) is 62.5 cm³/mol. The lowest BCUT2D eigenvalue weighted by Crippen LogP contribution is -2.41. The molecule has 1 unspecified atom stereocenters. The van der Waals surface area contributed by atoms with Crippen molar-refractivity contribution in [3.05, 3.63) is 23.5 Å². The summed E-state index contributed by atoms with van der Waals surface area (Å²) >= 11 is 0. The molecular weight excluding hydrogens is 204 g/mol. The first kappa shape index (κ1) is 11.4. The Hall–Kier alpha value is -1.13. The third-order valence-corrected chi connectivity index (χ3v) is 2.85. The molecule has 4 heteroatoms. The van der Waals surface area contributed by atoms with Crippen LogP contribution in [-0.2, 0) is 11.3 Å². The fourth-order valence-electron chi connectivity index (χ4n) is 2.03. The van der Waals surface area contributed by atoms with Gasteiger partial charge in [-0.25, -0.2) is 0 Å². The zero-order valence-electron chi connectivity index (χ0n) is 9.81. The fraction of sp³-hybridized carbons (Fsp3) is 0.583. The maximum atomic E-state index is 9.31. The van der Waals surface area contributed by atoms with Crippen LogP contribution < -0.4 is 4.90 Å². The second-order valence-corrected chi connectivity index (χ2v) is 4.24. The number of ether oxygens (including phenoxy) is 1. The summed E-state index contributed by atoms with van der Waals surface area (Å²) in [5.74, 6) is 0. The Labute approximate surface area is 95.9 Å². The molecule has 2 heterocycles. The van der Waals surface area contributed by atoms with Crippen molar-refractivity contribution in [1.82, 2.24) is 4.98 Å². The minimum absolute atomic E-state index is 0.0361. The number of pyridine rings is 1. The quantitative estimate of drug-likeness (QED) is 0.814. The van der Waals surface area contributed by atoms with Crippen molar-refractivity contribution >= 4 is 5.69 Å². The molecule has 16 heavy (non-hydrogen) atoms. The first-order chi connectivity index (χ1) is 7.70. The average Bonchev–Trinajstić information content (AvgIpc) is 2.29. The van der Waals surface area contributed by atoms with Crippen LogP contribution in [0.1, 0.15) is 18.2 Å². The summed E-state index contributed by atoms with van der Waals surface area (Å²) in [4.78, 5) is 6.46. The number of aliphatic hydroxyl groups is 1. The SMILES string of the molecule is Cc1cc(N2CCOC(C)C2)c(CO)cn1. The minimum Gasteiger partial charge on any atom is -0.392 e. The predicted octanol–water partition coefficient (Wildman–Crippen LogP) is 1.11. The highest BCUT2D eigenvalue weighted by molar-refractivity contribution is 5.53. The van der Waals surface area contributed by atoms with Gasteiger partial charge in [-0.15, -0.1) is 0 Å². The van der Waals surface area contributed by atoms with Crippen LogP contribution in [-0.4, -0.2) is 35.9 Å². The second kappa shape index (κ2) is 4.80. The highest BCUT2D eigenvalue weighted by Crippen LogP contribution is 2.23. The van der Waals surface area contributed by atoms with Crippen LogP contribution >= 0.6 is 0 Å². The van der Waals surface area contributed by atoms with Gasteiger partial charge in [0.1, 0.15) is 0 Å². The van der Waals surface area contributed by atoms with Gasteiger partial charge in [0.05, 0.1) is 19.3 Å². The summed E-state index contributed by atoms with van der Waals surface area (Å²) in [7, 11) is 0. The van der Waals surface area contributed by atoms with Gasteiger partial charge >= 0.3 is 0 Å². The molecule has 88 valence electrons. The van der Waals surface area contributed by atoms with Gasteiger partial charge in [-0.05, 0) is 19.9 Å². The molecule has 0 bridgehead atoms. The topological polar surface area (TPSA) is 45.6 Å². The zero-order chi connectivity index (χ0) is 11.5. The van der Waals surface area contributed by atoms with Crippen molar-refractivity contribution in [2.75, 3.05) is 24.6 Å². The van der Waals surface area contributed by atoms with E-state index in [1.54, 1.807) is 6.20 Å². The Balaban J connectivity index is 2.26. The Morgan fingerprint density at radius 3 is 3.12 bits per heavy atom. The zero-order valence-corrected chi connectivity index (χ0v) is 9.81. The second-order valence-electron chi connectivity index (χ2n) is 4.24. The first-order valence-electron chi connectivity index (χ1n) is 5.63. The Bertz CT molecular complexity index is 368. The normalized spacial score (nSPS) is 21.2. The average molecular weight is 222 g/mol. The molecule has 1 fully saturated rings. The van der Waals surface area contributed by atoms with E-state index in [4.69, 9.17) is 4.74 Å². The van der Waals surface area contributed by atoms with Crippen molar-refractivity contribution in [2.24, 2.45) is 0 Å². The number of morpholine rings is 1. The maximum absolute atomic E-state index is 9.31. The summed E-state index contributed by atoms with van der Waals surface area (Å²) < 4.78 is 5.51. The monoisotopic (exact) mass is 222 g/mol. The first-order valence-corrected chi connectivity index (χ1v) is 5.63. The number of aliphatic hydroxyl groups excluding tert-OH is 1. The number of anilines is 1. The van der Waals surface area contributed by atoms with Crippen molar-refractivity contribution in [1.29, 1.82) is 0 Å². The van der Waals surface area contributed by atoms with Crippen molar-refractivity contribution < 1.29 is 9.84 Å². The smallest absolute Gasteiger partial charge is 0.0722 e. The number of aryl methyl sites for hydroxylation is 1. The molecule has 1 aliphatic heterocycles. The molecule has 0 saturated carbocycles. The van der Waals surface area contributed by atoms with Gasteiger partial charge in [0.2, 0.25) is 0 Å². The molecule has 1 aromatic rings. The standard InChI is InChI=1S/C12H18N2O2/c1-9-5-12(11(8-15)6-13-9)14-3-4-16-10(2)7-14/h5-6,10,15H,3-4,7-8H2,1-2H3. The Morgan fingerprint density at radius 2 is 2.44 bits per heavy atom. The summed E-state index contributed by atoms with van der Waals surface area (Å²) in [5, 5.41) is 9.31. The van der Waals surface area contributed by atoms with Crippen LogP contribution in [0.3, 0.4) is 0 Å². The van der Waals surface area contributed by atoms with Crippen molar-refractivity contribution in [2.45, 2.75) is 26.6 Å². The van der Waals surface area contributed by atoms with Gasteiger partial charge in [0.25, 0.3) is 0 Å². The lowest BCUT2D eigenvalue weighted by atomic mass is 10.1. The molecule has 0 radical (unpaired) electrons. The van der Waals surface area contributed by atoms with E-state index in [1.165, 1.54) is 0 Å². The van der Waals surface area contributed by atoms with Crippen LogP contribution in [0.4, 0.5) is 5.69 Å². The highest BCUT2D eigenvalue weighted by Gasteiger charge is 2.19. The van der Waals surface area contributed by atoms with Crippen LogP contribution in [0.5, 0.6) is 0 Å². The van der Waals surface area contributed by atoms with E-state index >= 15 is 0 Å². The summed E-state index contributed by atoms with van der Waals surface area (Å²) in [5.41, 5.74) is 2.95. The number of nitrogens with zero attached hydrogens (tertiary/aromatic N) is 2. The summed E-state index contributed by atoms with van der Waals surface area (Å²) in [6, 6.07) is 2.03. The number of hydrogen-bond acceptors (Lipinski definition) is 4. The van der Waals surface area contributed by atoms with Crippen LogP contribution in [0.2, 0.25) is 0 Å². The highest BCUT2D eigenvalue weighted by atomic mass is 16.5. The van der Waals surface area contributed by atoms with Crippen molar-refractivity contribution in [3.63, 3.8) is 0 Å². The third kappa shape index (κ3) is 2.33. The van der Waals surface area contributed by atoms with Crippen LogP contribution in [0.25, 0.3) is 0 Å². The number of hydrogen-bond donors (Lipinski definition) is 1. The summed E-state index contributed by atoms with van der Waals surface area (Å²) in [6.45, 7) is 6.56. The van der Waals surface area contributed by atoms with E-state index in [0.717, 1.165) is 36.6 Å². The fourth-order valence-corrected chi connectivity index (χ4v) is 2.03. The molecule has 1 aromatic heterocycles. The molecular formula is C12H18N2O2. The largest absolute Gasteiger partial charge is 0.392 e. The molecule has 1 aliphatic rings. The van der Waals surface area contributed by atoms with Gasteiger partial charge in [0, 0.05) is 36.2 Å². The molecule has 4 nitrogen and oxygen atoms in total. The molecule has 0 amide bonds. The van der Waals surface area contributed by atoms with E-state index in [0.29, 0.717) is 0 Å². The molecule has 1 atom stereocenters. The van der Waals surface area contributed by atoms with Crippen molar-refractivity contribution in [3.8, 4) is 0 Å². The number of aromatic nitrogens is 1. The molecule has 0 aromatic carbocycles. The van der Waals surface area contributed by atoms with E-state index in [2.05, 4.69) is 16.8 Å². The third-order valence-electron chi connectivity index (χ3n) is 2.85. The molecule has 2 rings (SSSR count). The van der Waals surface area contributed by atoms with E-state index in [9.17, 15) is 5.11 Å². The van der Waals surface area contributed by atoms with Gasteiger partial charge in [-0.2, -0.15) is 0 Å². The number of rotatable bonds is 2. The van der Waals surface area contributed by atoms with Gasteiger partial charge in [-0.3, -0.25) is 4.98 Å². The molecule has 1 N–H and O–H groups in total. The Morgan fingerprint density at radius 1 is 1.62 bits per heavy atom. The van der Waals surface area contributed by atoms with E-state index in [1.807, 2.05) is 13.0 Å². The molecule has 1 saturated heterocycles. The summed E-state index contributed by atoms with van der Waals surface area (Å²) in [6.07, 6.45) is 2.00. The lowest BCUT2D eigenvalue weighted by Gasteiger charge is -2.34. The minimum atomic E-state index is 0.0361. The van der Waals surface area contributed by atoms with Crippen LogP contribution in [0, 0.1) is 6.92 Å². The van der Waals surface area contributed by atoms with Gasteiger partial charge < -0.3 is 14.7 Å². The van der Waals surface area contributed by atoms with Gasteiger partial charge in [-0.1, -0.05) is 0 Å². The van der Waals surface area contributed by atoms with Gasteiger partial charge in [0.15, 0.2) is 0 Å². The molecule has 0 aliphatic carbocycles. The maximum Gasteiger partial charge on any atom is 0.0722 e. The van der Waals surface area contributed by atoms with Crippen LogP contribution in [0.15, 0.2) is 12.3 Å². The van der Waals surface area contributed by atoms with E-state index in [-0.39, 0.29) is 12.7 Å². The van der Waals surface area contributed by atoms with E-state index < -0.39 is 0 Å².